The molecule has 3 heteroatoms. The standard InChI is InChI=1S/C8H15NO2/c1-7(8(9)10)5-3-4-6-11-2/h5H,3-4,6H2,1-2H3,(H2,9,10)/b7-5+. The Morgan fingerprint density at radius 2 is 2.27 bits per heavy atom. The Morgan fingerprint density at radius 1 is 1.64 bits per heavy atom. The van der Waals surface area contributed by atoms with Crippen LogP contribution in [0.5, 0.6) is 0 Å². The summed E-state index contributed by atoms with van der Waals surface area (Å²) in [5.74, 6) is -0.345. The van der Waals surface area contributed by atoms with Gasteiger partial charge in [0.1, 0.15) is 0 Å². The van der Waals surface area contributed by atoms with Crippen LogP contribution in [-0.2, 0) is 9.53 Å². The van der Waals surface area contributed by atoms with Gasteiger partial charge in [0.2, 0.25) is 5.91 Å². The fourth-order valence-corrected chi connectivity index (χ4v) is 0.647. The van der Waals surface area contributed by atoms with Gasteiger partial charge in [0, 0.05) is 19.3 Å². The molecule has 0 aromatic carbocycles. The van der Waals surface area contributed by atoms with Crippen LogP contribution in [0.4, 0.5) is 0 Å². The zero-order chi connectivity index (χ0) is 8.69. The average molecular weight is 157 g/mol. The van der Waals surface area contributed by atoms with Crippen LogP contribution in [0.1, 0.15) is 19.8 Å². The van der Waals surface area contributed by atoms with E-state index < -0.39 is 0 Å². The monoisotopic (exact) mass is 157 g/mol. The summed E-state index contributed by atoms with van der Waals surface area (Å²) in [6.45, 7) is 2.44. The number of allylic oxidation sites excluding steroid dienone is 1. The van der Waals surface area contributed by atoms with E-state index >= 15 is 0 Å². The van der Waals surface area contributed by atoms with Crippen LogP contribution < -0.4 is 5.73 Å². The molecular weight excluding hydrogens is 142 g/mol. The van der Waals surface area contributed by atoms with Gasteiger partial charge in [-0.05, 0) is 19.8 Å². The van der Waals surface area contributed by atoms with Crippen molar-refractivity contribution >= 4 is 5.91 Å². The minimum absolute atomic E-state index is 0.345. The van der Waals surface area contributed by atoms with Crippen molar-refractivity contribution < 1.29 is 9.53 Å². The Balaban J connectivity index is 3.48. The minimum atomic E-state index is -0.345. The Hall–Kier alpha value is -0.830. The third-order valence-electron chi connectivity index (χ3n) is 1.39. The fraction of sp³-hybridized carbons (Fsp3) is 0.625. The number of carbonyl (C=O) groups excluding carboxylic acids is 1. The SMILES string of the molecule is COCCC/C=C(\C)C(N)=O. The second kappa shape index (κ2) is 5.92. The first-order valence-electron chi connectivity index (χ1n) is 3.64. The van der Waals surface area contributed by atoms with Crippen molar-refractivity contribution in [2.45, 2.75) is 19.8 Å². The lowest BCUT2D eigenvalue weighted by Crippen LogP contribution is -2.11. The molecule has 0 bridgehead atoms. The molecule has 0 saturated heterocycles. The maximum atomic E-state index is 10.5. The van der Waals surface area contributed by atoms with E-state index in [-0.39, 0.29) is 5.91 Å². The summed E-state index contributed by atoms with van der Waals surface area (Å²) in [4.78, 5) is 10.5. The molecule has 0 heterocycles. The Bertz CT molecular complexity index is 152. The van der Waals surface area contributed by atoms with E-state index in [0.29, 0.717) is 5.57 Å². The van der Waals surface area contributed by atoms with Gasteiger partial charge >= 0.3 is 0 Å². The molecule has 0 saturated carbocycles. The van der Waals surface area contributed by atoms with Crippen molar-refractivity contribution in [1.82, 2.24) is 0 Å². The summed E-state index contributed by atoms with van der Waals surface area (Å²) in [5, 5.41) is 0. The second-order valence-electron chi connectivity index (χ2n) is 2.39. The molecule has 0 unspecified atom stereocenters. The van der Waals surface area contributed by atoms with Crippen molar-refractivity contribution in [3.8, 4) is 0 Å². The Labute approximate surface area is 67.2 Å². The number of nitrogens with two attached hydrogens (primary N) is 1. The van der Waals surface area contributed by atoms with Gasteiger partial charge in [-0.3, -0.25) is 4.79 Å². The van der Waals surface area contributed by atoms with Crippen molar-refractivity contribution in [2.24, 2.45) is 5.73 Å². The van der Waals surface area contributed by atoms with Gasteiger partial charge in [0.05, 0.1) is 0 Å². The molecule has 0 atom stereocenters. The number of carbonyl (C=O) groups is 1. The van der Waals surface area contributed by atoms with Gasteiger partial charge in [-0.2, -0.15) is 0 Å². The maximum Gasteiger partial charge on any atom is 0.244 e. The molecule has 0 aromatic rings. The molecule has 0 rings (SSSR count). The van der Waals surface area contributed by atoms with E-state index in [4.69, 9.17) is 10.5 Å². The van der Waals surface area contributed by atoms with Crippen LogP contribution in [-0.4, -0.2) is 19.6 Å². The zero-order valence-electron chi connectivity index (χ0n) is 7.09. The first-order chi connectivity index (χ1) is 5.18. The van der Waals surface area contributed by atoms with Gasteiger partial charge in [-0.15, -0.1) is 0 Å². The number of hydrogen-bond acceptors (Lipinski definition) is 2. The number of ether oxygens (including phenoxy) is 1. The second-order valence-corrected chi connectivity index (χ2v) is 2.39. The topological polar surface area (TPSA) is 52.3 Å². The Morgan fingerprint density at radius 3 is 2.73 bits per heavy atom. The number of primary amides is 1. The third kappa shape index (κ3) is 5.61. The highest BCUT2D eigenvalue weighted by atomic mass is 16.5. The van der Waals surface area contributed by atoms with E-state index in [1.807, 2.05) is 6.08 Å². The summed E-state index contributed by atoms with van der Waals surface area (Å²) in [6.07, 6.45) is 3.62. The van der Waals surface area contributed by atoms with Crippen molar-refractivity contribution in [3.63, 3.8) is 0 Å². The molecule has 0 aromatic heterocycles. The molecule has 0 aliphatic rings. The lowest BCUT2D eigenvalue weighted by atomic mass is 10.2. The quantitative estimate of drug-likeness (QED) is 0.475. The first kappa shape index (κ1) is 10.2. The summed E-state index contributed by atoms with van der Waals surface area (Å²) in [7, 11) is 1.66. The first-order valence-corrected chi connectivity index (χ1v) is 3.64. The van der Waals surface area contributed by atoms with E-state index in [2.05, 4.69) is 0 Å². The van der Waals surface area contributed by atoms with Gasteiger partial charge in [0.15, 0.2) is 0 Å². The molecule has 0 radical (unpaired) electrons. The Kier molecular flexibility index (Phi) is 5.47. The average Bonchev–Trinajstić information content (AvgIpc) is 1.97. The number of rotatable bonds is 5. The van der Waals surface area contributed by atoms with Crippen LogP contribution in [0.2, 0.25) is 0 Å². The smallest absolute Gasteiger partial charge is 0.244 e. The molecule has 2 N–H and O–H groups in total. The fourth-order valence-electron chi connectivity index (χ4n) is 0.647. The predicted molar refractivity (Wildman–Crippen MR) is 44.1 cm³/mol. The number of methoxy groups -OCH3 is 1. The van der Waals surface area contributed by atoms with Gasteiger partial charge in [0.25, 0.3) is 0 Å². The lowest BCUT2D eigenvalue weighted by molar-refractivity contribution is -0.114. The molecule has 3 nitrogen and oxygen atoms in total. The molecular formula is C8H15NO2. The van der Waals surface area contributed by atoms with Gasteiger partial charge < -0.3 is 10.5 Å². The van der Waals surface area contributed by atoms with Crippen molar-refractivity contribution in [2.75, 3.05) is 13.7 Å². The number of amides is 1. The van der Waals surface area contributed by atoms with Crippen LogP contribution >= 0.6 is 0 Å². The normalized spacial score (nSPS) is 11.6. The minimum Gasteiger partial charge on any atom is -0.385 e. The molecule has 0 aliphatic heterocycles. The van der Waals surface area contributed by atoms with Gasteiger partial charge in [-0.1, -0.05) is 6.08 Å². The zero-order valence-corrected chi connectivity index (χ0v) is 7.09. The number of unbranched alkanes of at least 4 members (excludes halogenated alkanes) is 1. The van der Waals surface area contributed by atoms with Crippen LogP contribution in [0, 0.1) is 0 Å². The third-order valence-corrected chi connectivity index (χ3v) is 1.39. The molecule has 0 aliphatic carbocycles. The maximum absolute atomic E-state index is 10.5. The van der Waals surface area contributed by atoms with E-state index in [1.165, 1.54) is 0 Å². The van der Waals surface area contributed by atoms with Crippen LogP contribution in [0.3, 0.4) is 0 Å². The lowest BCUT2D eigenvalue weighted by Gasteiger charge is -1.95. The van der Waals surface area contributed by atoms with Crippen molar-refractivity contribution in [3.05, 3.63) is 11.6 Å². The van der Waals surface area contributed by atoms with Gasteiger partial charge in [-0.25, -0.2) is 0 Å². The highest BCUT2D eigenvalue weighted by Crippen LogP contribution is 1.97. The summed E-state index contributed by atoms with van der Waals surface area (Å²) >= 11 is 0. The summed E-state index contributed by atoms with van der Waals surface area (Å²) in [6, 6.07) is 0. The predicted octanol–water partition coefficient (Wildman–Crippen LogP) is 0.845. The molecule has 1 amide bonds. The highest BCUT2D eigenvalue weighted by Gasteiger charge is 1.94. The summed E-state index contributed by atoms with van der Waals surface area (Å²) < 4.78 is 4.84. The molecule has 0 spiro atoms. The largest absolute Gasteiger partial charge is 0.385 e. The molecule has 0 fully saturated rings. The van der Waals surface area contributed by atoms with E-state index in [9.17, 15) is 4.79 Å². The van der Waals surface area contributed by atoms with E-state index in [1.54, 1.807) is 14.0 Å². The highest BCUT2D eigenvalue weighted by molar-refractivity contribution is 5.91. The molecule has 64 valence electrons. The van der Waals surface area contributed by atoms with E-state index in [0.717, 1.165) is 19.4 Å². The van der Waals surface area contributed by atoms with Crippen LogP contribution in [0.15, 0.2) is 11.6 Å². The van der Waals surface area contributed by atoms with Crippen molar-refractivity contribution in [1.29, 1.82) is 0 Å². The molecule has 11 heavy (non-hydrogen) atoms. The van der Waals surface area contributed by atoms with Crippen LogP contribution in [0.25, 0.3) is 0 Å². The number of hydrogen-bond donors (Lipinski definition) is 1. The summed E-state index contributed by atoms with van der Waals surface area (Å²) in [5.41, 5.74) is 5.64.